The third-order valence-electron chi connectivity index (χ3n) is 2.45. The van der Waals surface area contributed by atoms with Gasteiger partial charge < -0.3 is 15.4 Å². The summed E-state index contributed by atoms with van der Waals surface area (Å²) < 4.78 is 5.79. The molecule has 0 unspecified atom stereocenters. The van der Waals surface area contributed by atoms with E-state index in [2.05, 4.69) is 20.8 Å². The number of carbonyl (C=O) groups is 1. The zero-order valence-electron chi connectivity index (χ0n) is 11.9. The van der Waals surface area contributed by atoms with Crippen LogP contribution in [0.1, 0.15) is 0 Å². The van der Waals surface area contributed by atoms with Crippen molar-refractivity contribution in [3.8, 4) is 0 Å². The van der Waals surface area contributed by atoms with Crippen LogP contribution in [0.3, 0.4) is 0 Å². The Hall–Kier alpha value is -1.19. The van der Waals surface area contributed by atoms with Gasteiger partial charge in [0.15, 0.2) is 4.34 Å². The van der Waals surface area contributed by atoms with Gasteiger partial charge in [0, 0.05) is 24.2 Å². The zero-order chi connectivity index (χ0) is 14.9. The van der Waals surface area contributed by atoms with E-state index >= 15 is 0 Å². The van der Waals surface area contributed by atoms with Crippen molar-refractivity contribution in [2.24, 2.45) is 0 Å². The molecule has 1 aromatic carbocycles. The summed E-state index contributed by atoms with van der Waals surface area (Å²) in [4.78, 5) is 12.7. The molecule has 0 saturated heterocycles. The summed E-state index contributed by atoms with van der Waals surface area (Å²) in [7, 11) is 1.63. The fourth-order valence-electron chi connectivity index (χ4n) is 1.50. The molecule has 0 saturated carbocycles. The Labute approximate surface area is 143 Å². The molecule has 120 valence electrons. The standard InChI is InChI=1S/C13H16N4O2S2.ClH/c1-19-7-6-14-8-12(18)16-10-2-4-11(5-3-10)21-13-17-15-9-20-13;/h2-5,9,14H,6-8H2,1H3,(H,16,18);1H. The fourth-order valence-corrected chi connectivity index (χ4v) is 2.95. The highest BCUT2D eigenvalue weighted by Gasteiger charge is 2.03. The average molecular weight is 361 g/mol. The van der Waals surface area contributed by atoms with Crippen molar-refractivity contribution in [3.05, 3.63) is 29.8 Å². The van der Waals surface area contributed by atoms with Gasteiger partial charge in [0.1, 0.15) is 5.51 Å². The van der Waals surface area contributed by atoms with Gasteiger partial charge in [0.05, 0.1) is 13.2 Å². The molecule has 0 spiro atoms. The van der Waals surface area contributed by atoms with Gasteiger partial charge in [0.2, 0.25) is 5.91 Å². The molecule has 2 aromatic rings. The number of hydrogen-bond acceptors (Lipinski definition) is 7. The summed E-state index contributed by atoms with van der Waals surface area (Å²) in [6, 6.07) is 7.63. The van der Waals surface area contributed by atoms with Gasteiger partial charge in [0.25, 0.3) is 0 Å². The summed E-state index contributed by atoms with van der Waals surface area (Å²) in [6.45, 7) is 1.51. The number of hydrogen-bond donors (Lipinski definition) is 2. The van der Waals surface area contributed by atoms with Gasteiger partial charge in [-0.15, -0.1) is 22.6 Å². The lowest BCUT2D eigenvalue weighted by molar-refractivity contribution is -0.115. The topological polar surface area (TPSA) is 76.1 Å². The van der Waals surface area contributed by atoms with Crippen LogP contribution in [0, 0.1) is 0 Å². The first kappa shape index (κ1) is 18.9. The number of nitrogens with zero attached hydrogens (tertiary/aromatic N) is 2. The largest absolute Gasteiger partial charge is 0.383 e. The Morgan fingerprint density at radius 1 is 1.36 bits per heavy atom. The Morgan fingerprint density at radius 2 is 2.14 bits per heavy atom. The highest BCUT2D eigenvalue weighted by molar-refractivity contribution is 8.01. The number of amides is 1. The molecule has 0 radical (unpaired) electrons. The molecular formula is C13H17ClN4O2S2. The summed E-state index contributed by atoms with van der Waals surface area (Å²) >= 11 is 3.05. The summed E-state index contributed by atoms with van der Waals surface area (Å²) in [5.41, 5.74) is 2.48. The number of aromatic nitrogens is 2. The van der Waals surface area contributed by atoms with Crippen molar-refractivity contribution >= 4 is 47.1 Å². The predicted molar refractivity (Wildman–Crippen MR) is 91.1 cm³/mol. The van der Waals surface area contributed by atoms with E-state index < -0.39 is 0 Å². The van der Waals surface area contributed by atoms with Crippen LogP contribution in [0.2, 0.25) is 0 Å². The molecule has 6 nitrogen and oxygen atoms in total. The summed E-state index contributed by atoms with van der Waals surface area (Å²) in [5.74, 6) is -0.0735. The lowest BCUT2D eigenvalue weighted by atomic mass is 10.3. The van der Waals surface area contributed by atoms with E-state index in [0.29, 0.717) is 13.2 Å². The first-order valence-electron chi connectivity index (χ1n) is 6.31. The van der Waals surface area contributed by atoms with E-state index in [9.17, 15) is 4.79 Å². The molecule has 0 aliphatic rings. The van der Waals surface area contributed by atoms with Gasteiger partial charge in [-0.2, -0.15) is 0 Å². The minimum Gasteiger partial charge on any atom is -0.383 e. The fraction of sp³-hybridized carbons (Fsp3) is 0.308. The van der Waals surface area contributed by atoms with Crippen molar-refractivity contribution in [1.82, 2.24) is 15.5 Å². The molecule has 0 aliphatic carbocycles. The minimum absolute atomic E-state index is 0. The molecule has 0 bridgehead atoms. The molecule has 0 aliphatic heterocycles. The summed E-state index contributed by atoms with van der Waals surface area (Å²) in [5, 5.41) is 13.6. The number of nitrogens with one attached hydrogen (secondary N) is 2. The molecule has 1 aromatic heterocycles. The second-order valence-electron chi connectivity index (χ2n) is 4.05. The Kier molecular flexibility index (Phi) is 9.02. The smallest absolute Gasteiger partial charge is 0.238 e. The van der Waals surface area contributed by atoms with Crippen LogP contribution >= 0.6 is 35.5 Å². The first-order chi connectivity index (χ1) is 10.3. The third kappa shape index (κ3) is 6.71. The van der Waals surface area contributed by atoms with Crippen molar-refractivity contribution in [2.75, 3.05) is 32.1 Å². The van der Waals surface area contributed by atoms with Crippen LogP contribution in [0.5, 0.6) is 0 Å². The maximum absolute atomic E-state index is 11.7. The lowest BCUT2D eigenvalue weighted by Gasteiger charge is -2.07. The highest BCUT2D eigenvalue weighted by atomic mass is 35.5. The number of carbonyl (C=O) groups excluding carboxylic acids is 1. The van der Waals surface area contributed by atoms with Crippen LogP contribution in [0.4, 0.5) is 5.69 Å². The van der Waals surface area contributed by atoms with E-state index in [1.165, 1.54) is 11.3 Å². The number of rotatable bonds is 8. The molecule has 0 fully saturated rings. The van der Waals surface area contributed by atoms with Gasteiger partial charge >= 0.3 is 0 Å². The molecule has 1 heterocycles. The van der Waals surface area contributed by atoms with Crippen LogP contribution in [0.25, 0.3) is 0 Å². The molecule has 9 heteroatoms. The normalized spacial score (nSPS) is 10.0. The van der Waals surface area contributed by atoms with Crippen molar-refractivity contribution in [2.45, 2.75) is 9.24 Å². The minimum atomic E-state index is -0.0735. The van der Waals surface area contributed by atoms with Crippen LogP contribution in [-0.4, -0.2) is 42.9 Å². The first-order valence-corrected chi connectivity index (χ1v) is 8.01. The van der Waals surface area contributed by atoms with Gasteiger partial charge in [-0.3, -0.25) is 4.79 Å². The molecule has 22 heavy (non-hydrogen) atoms. The molecule has 1 amide bonds. The van der Waals surface area contributed by atoms with Gasteiger partial charge in [-0.25, -0.2) is 0 Å². The maximum Gasteiger partial charge on any atom is 0.238 e. The lowest BCUT2D eigenvalue weighted by Crippen LogP contribution is -2.30. The third-order valence-corrected chi connectivity index (χ3v) is 4.24. The average Bonchev–Trinajstić information content (AvgIpc) is 2.99. The van der Waals surface area contributed by atoms with E-state index in [1.807, 2.05) is 24.3 Å². The van der Waals surface area contributed by atoms with E-state index in [1.54, 1.807) is 24.4 Å². The number of methoxy groups -OCH3 is 1. The Balaban J connectivity index is 0.00000242. The maximum atomic E-state index is 11.7. The predicted octanol–water partition coefficient (Wildman–Crippen LogP) is 2.29. The monoisotopic (exact) mass is 360 g/mol. The quantitative estimate of drug-likeness (QED) is 0.703. The van der Waals surface area contributed by atoms with Crippen molar-refractivity contribution in [1.29, 1.82) is 0 Å². The Bertz CT molecular complexity index is 552. The van der Waals surface area contributed by atoms with Gasteiger partial charge in [-0.05, 0) is 24.3 Å². The highest BCUT2D eigenvalue weighted by Crippen LogP contribution is 2.29. The van der Waals surface area contributed by atoms with Crippen LogP contribution in [0.15, 0.2) is 39.0 Å². The van der Waals surface area contributed by atoms with Crippen molar-refractivity contribution < 1.29 is 9.53 Å². The van der Waals surface area contributed by atoms with Crippen molar-refractivity contribution in [3.63, 3.8) is 0 Å². The number of ether oxygens (including phenoxy) is 1. The second-order valence-corrected chi connectivity index (χ2v) is 6.20. The molecule has 2 N–H and O–H groups in total. The second kappa shape index (κ2) is 10.5. The molecular weight excluding hydrogens is 344 g/mol. The van der Waals surface area contributed by atoms with E-state index in [-0.39, 0.29) is 24.9 Å². The number of benzene rings is 1. The van der Waals surface area contributed by atoms with Crippen LogP contribution in [-0.2, 0) is 9.53 Å². The van der Waals surface area contributed by atoms with E-state index in [0.717, 1.165) is 14.9 Å². The SMILES string of the molecule is COCCNCC(=O)Nc1ccc(Sc2nncs2)cc1.Cl. The molecule has 0 atom stereocenters. The zero-order valence-corrected chi connectivity index (χ0v) is 14.4. The van der Waals surface area contributed by atoms with Crippen LogP contribution < -0.4 is 10.6 Å². The van der Waals surface area contributed by atoms with Gasteiger partial charge in [-0.1, -0.05) is 23.1 Å². The number of anilines is 1. The van der Waals surface area contributed by atoms with E-state index in [4.69, 9.17) is 4.74 Å². The number of halogens is 1. The summed E-state index contributed by atoms with van der Waals surface area (Å²) in [6.07, 6.45) is 0. The Morgan fingerprint density at radius 3 is 2.77 bits per heavy atom. The molecule has 2 rings (SSSR count).